The van der Waals surface area contributed by atoms with Crippen LogP contribution in [0.2, 0.25) is 5.02 Å². The molecule has 1 saturated heterocycles. The summed E-state index contributed by atoms with van der Waals surface area (Å²) in [7, 11) is 0. The normalized spacial score (nSPS) is 17.6. The lowest BCUT2D eigenvalue weighted by molar-refractivity contribution is 0.0636. The van der Waals surface area contributed by atoms with Crippen molar-refractivity contribution in [2.75, 3.05) is 18.4 Å². The zero-order valence-electron chi connectivity index (χ0n) is 14.4. The van der Waals surface area contributed by atoms with Crippen molar-refractivity contribution in [2.24, 2.45) is 5.92 Å². The van der Waals surface area contributed by atoms with Gasteiger partial charge in [-0.05, 0) is 82.3 Å². The number of carbonyl (C=O) groups excluding carboxylic acids is 1. The molecular formula is C18H27ClN2O2. The van der Waals surface area contributed by atoms with E-state index in [1.165, 1.54) is 0 Å². The molecule has 1 aliphatic rings. The number of ether oxygens (including phenoxy) is 1. The highest BCUT2D eigenvalue weighted by Crippen LogP contribution is 2.36. The van der Waals surface area contributed by atoms with Gasteiger partial charge in [-0.3, -0.25) is 5.32 Å². The van der Waals surface area contributed by atoms with Crippen LogP contribution in [-0.4, -0.2) is 24.8 Å². The lowest BCUT2D eigenvalue weighted by Crippen LogP contribution is -2.30. The third-order valence-corrected chi connectivity index (χ3v) is 4.57. The van der Waals surface area contributed by atoms with Crippen LogP contribution in [0.25, 0.3) is 0 Å². The summed E-state index contributed by atoms with van der Waals surface area (Å²) >= 11 is 6.39. The number of piperidine rings is 1. The molecule has 4 nitrogen and oxygen atoms in total. The Hall–Kier alpha value is -1.26. The summed E-state index contributed by atoms with van der Waals surface area (Å²) in [5.41, 5.74) is 1.30. The van der Waals surface area contributed by atoms with Crippen LogP contribution in [0.1, 0.15) is 52.0 Å². The van der Waals surface area contributed by atoms with E-state index in [0.717, 1.165) is 42.2 Å². The lowest BCUT2D eigenvalue weighted by Gasteiger charge is -2.29. The van der Waals surface area contributed by atoms with Crippen LogP contribution < -0.4 is 10.6 Å². The van der Waals surface area contributed by atoms with Crippen molar-refractivity contribution in [2.45, 2.75) is 52.1 Å². The number of carbonyl (C=O) groups is 1. The first-order valence-corrected chi connectivity index (χ1v) is 8.64. The van der Waals surface area contributed by atoms with Crippen LogP contribution in [0.3, 0.4) is 0 Å². The fraction of sp³-hybridized carbons (Fsp3) is 0.611. The van der Waals surface area contributed by atoms with E-state index >= 15 is 0 Å². The van der Waals surface area contributed by atoms with E-state index in [1.807, 2.05) is 39.0 Å². The number of amides is 1. The molecule has 128 valence electrons. The quantitative estimate of drug-likeness (QED) is 0.833. The molecule has 0 spiro atoms. The molecule has 1 aliphatic heterocycles. The first-order valence-electron chi connectivity index (χ1n) is 8.26. The molecule has 1 heterocycles. The predicted molar refractivity (Wildman–Crippen MR) is 95.3 cm³/mol. The Bertz CT molecular complexity index is 548. The van der Waals surface area contributed by atoms with Gasteiger partial charge >= 0.3 is 6.09 Å². The third-order valence-electron chi connectivity index (χ3n) is 4.22. The molecule has 0 radical (unpaired) electrons. The average Bonchev–Trinajstić information content (AvgIpc) is 2.47. The second-order valence-electron chi connectivity index (χ2n) is 7.24. The molecule has 1 aromatic carbocycles. The molecule has 23 heavy (non-hydrogen) atoms. The van der Waals surface area contributed by atoms with Crippen LogP contribution >= 0.6 is 11.6 Å². The highest BCUT2D eigenvalue weighted by Gasteiger charge is 2.23. The maximum absolute atomic E-state index is 11.9. The minimum Gasteiger partial charge on any atom is -0.444 e. The first-order chi connectivity index (χ1) is 10.8. The molecule has 5 heteroatoms. The van der Waals surface area contributed by atoms with Gasteiger partial charge < -0.3 is 10.1 Å². The van der Waals surface area contributed by atoms with Gasteiger partial charge in [0.25, 0.3) is 0 Å². The van der Waals surface area contributed by atoms with Gasteiger partial charge in [0.2, 0.25) is 0 Å². The van der Waals surface area contributed by atoms with E-state index in [0.29, 0.717) is 11.8 Å². The molecule has 1 fully saturated rings. The van der Waals surface area contributed by atoms with Gasteiger partial charge in [0, 0.05) is 10.7 Å². The van der Waals surface area contributed by atoms with Crippen LogP contribution in [0.4, 0.5) is 10.5 Å². The van der Waals surface area contributed by atoms with Crippen LogP contribution in [0, 0.1) is 5.92 Å². The van der Waals surface area contributed by atoms with Crippen LogP contribution in [-0.2, 0) is 4.74 Å². The Morgan fingerprint density at radius 2 is 2.00 bits per heavy atom. The molecular weight excluding hydrogens is 312 g/mol. The van der Waals surface area contributed by atoms with Crippen LogP contribution in [0.5, 0.6) is 0 Å². The molecule has 0 saturated carbocycles. The Morgan fingerprint density at radius 1 is 1.35 bits per heavy atom. The highest BCUT2D eigenvalue weighted by molar-refractivity contribution is 6.31. The van der Waals surface area contributed by atoms with Crippen molar-refractivity contribution in [1.29, 1.82) is 0 Å². The summed E-state index contributed by atoms with van der Waals surface area (Å²) in [4.78, 5) is 11.9. The monoisotopic (exact) mass is 338 g/mol. The Labute approximate surface area is 143 Å². The van der Waals surface area contributed by atoms with Gasteiger partial charge in [-0.1, -0.05) is 18.5 Å². The van der Waals surface area contributed by atoms with Crippen LogP contribution in [0.15, 0.2) is 18.2 Å². The van der Waals surface area contributed by atoms with Gasteiger partial charge in [0.1, 0.15) is 5.60 Å². The standard InChI is InChI=1S/C18H27ClN2O2/c1-12(13-7-9-20-10-8-13)15-11-14(5-6-16(15)19)21-17(22)23-18(2,3)4/h5-6,11-13,20H,7-10H2,1-4H3,(H,21,22). The van der Waals surface area contributed by atoms with Gasteiger partial charge in [0.15, 0.2) is 0 Å². The molecule has 1 unspecified atom stereocenters. The van der Waals surface area contributed by atoms with Crippen molar-refractivity contribution in [3.63, 3.8) is 0 Å². The van der Waals surface area contributed by atoms with E-state index in [1.54, 1.807) is 0 Å². The van der Waals surface area contributed by atoms with Crippen molar-refractivity contribution in [3.05, 3.63) is 28.8 Å². The van der Waals surface area contributed by atoms with E-state index < -0.39 is 11.7 Å². The fourth-order valence-electron chi connectivity index (χ4n) is 2.99. The summed E-state index contributed by atoms with van der Waals surface area (Å²) in [5.74, 6) is 0.982. The molecule has 2 N–H and O–H groups in total. The predicted octanol–water partition coefficient (Wildman–Crippen LogP) is 4.79. The first kappa shape index (κ1) is 18.1. The number of hydrogen-bond acceptors (Lipinski definition) is 3. The second kappa shape index (κ2) is 7.54. The van der Waals surface area contributed by atoms with E-state index in [2.05, 4.69) is 17.6 Å². The van der Waals surface area contributed by atoms with E-state index in [-0.39, 0.29) is 0 Å². The number of benzene rings is 1. The van der Waals surface area contributed by atoms with Gasteiger partial charge in [-0.15, -0.1) is 0 Å². The lowest BCUT2D eigenvalue weighted by atomic mass is 9.81. The maximum atomic E-state index is 11.9. The number of halogens is 1. The van der Waals surface area contributed by atoms with Gasteiger partial charge in [0.05, 0.1) is 0 Å². The summed E-state index contributed by atoms with van der Waals surface area (Å²) in [6.45, 7) is 9.87. The van der Waals surface area contributed by atoms with Gasteiger partial charge in [-0.25, -0.2) is 4.79 Å². The van der Waals surface area contributed by atoms with E-state index in [4.69, 9.17) is 16.3 Å². The maximum Gasteiger partial charge on any atom is 0.412 e. The summed E-state index contributed by atoms with van der Waals surface area (Å²) in [6, 6.07) is 5.63. The van der Waals surface area contributed by atoms with Crippen molar-refractivity contribution >= 4 is 23.4 Å². The van der Waals surface area contributed by atoms with Crippen molar-refractivity contribution in [3.8, 4) is 0 Å². The molecule has 1 amide bonds. The topological polar surface area (TPSA) is 50.4 Å². The minimum atomic E-state index is -0.512. The largest absolute Gasteiger partial charge is 0.444 e. The number of hydrogen-bond donors (Lipinski definition) is 2. The number of nitrogens with one attached hydrogen (secondary N) is 2. The summed E-state index contributed by atoms with van der Waals surface area (Å²) in [6.07, 6.45) is 1.86. The average molecular weight is 339 g/mol. The van der Waals surface area contributed by atoms with Gasteiger partial charge in [-0.2, -0.15) is 0 Å². The molecule has 1 aromatic rings. The summed E-state index contributed by atoms with van der Waals surface area (Å²) < 4.78 is 5.30. The Kier molecular flexibility index (Phi) is 5.93. The smallest absolute Gasteiger partial charge is 0.412 e. The van der Waals surface area contributed by atoms with Crippen molar-refractivity contribution in [1.82, 2.24) is 5.32 Å². The molecule has 1 atom stereocenters. The zero-order chi connectivity index (χ0) is 17.0. The molecule has 2 rings (SSSR count). The minimum absolute atomic E-state index is 0.366. The molecule has 0 bridgehead atoms. The number of rotatable bonds is 3. The zero-order valence-corrected chi connectivity index (χ0v) is 15.2. The fourth-order valence-corrected chi connectivity index (χ4v) is 3.28. The third kappa shape index (κ3) is 5.40. The second-order valence-corrected chi connectivity index (χ2v) is 7.65. The molecule has 0 aromatic heterocycles. The summed E-state index contributed by atoms with van der Waals surface area (Å²) in [5, 5.41) is 6.94. The Morgan fingerprint density at radius 3 is 2.61 bits per heavy atom. The van der Waals surface area contributed by atoms with Crippen molar-refractivity contribution < 1.29 is 9.53 Å². The highest BCUT2D eigenvalue weighted by atomic mass is 35.5. The SMILES string of the molecule is CC(c1cc(NC(=O)OC(C)(C)C)ccc1Cl)C1CCNCC1. The van der Waals surface area contributed by atoms with E-state index in [9.17, 15) is 4.79 Å². The Balaban J connectivity index is 2.10. The molecule has 0 aliphatic carbocycles. The number of anilines is 1.